The number of phenolic OH excluding ortho intramolecular Hbond substituents is 1. The van der Waals surface area contributed by atoms with Gasteiger partial charge in [-0.2, -0.15) is 0 Å². The highest BCUT2D eigenvalue weighted by atomic mass is 16.3. The highest BCUT2D eigenvalue weighted by Crippen LogP contribution is 2.13. The van der Waals surface area contributed by atoms with Crippen LogP contribution in [0.3, 0.4) is 0 Å². The molecule has 0 aliphatic heterocycles. The molecule has 0 saturated heterocycles. The Morgan fingerprint density at radius 3 is 1.87 bits per heavy atom. The van der Waals surface area contributed by atoms with Crippen molar-refractivity contribution >= 4 is 41.4 Å². The molecule has 1 aromatic rings. The van der Waals surface area contributed by atoms with Crippen LogP contribution >= 0.6 is 0 Å². The molecule has 0 saturated carbocycles. The van der Waals surface area contributed by atoms with Crippen LogP contribution in [0.25, 0.3) is 0 Å². The van der Waals surface area contributed by atoms with E-state index >= 15 is 0 Å². The number of nitrogens with two attached hydrogens (primary N) is 5. The van der Waals surface area contributed by atoms with E-state index in [0.717, 1.165) is 0 Å². The zero-order valence-corrected chi connectivity index (χ0v) is 27.0. The minimum absolute atomic E-state index is 0.00327. The molecule has 0 aliphatic carbocycles. The van der Waals surface area contributed by atoms with Gasteiger partial charge in [0, 0.05) is 19.4 Å². The number of hydrogen-bond acceptors (Lipinski definition) is 10. The number of phenols is 1. The Hall–Kier alpha value is -4.97. The molecule has 0 unspecified atom stereocenters. The van der Waals surface area contributed by atoms with Crippen LogP contribution in [0.1, 0.15) is 58.4 Å². The minimum Gasteiger partial charge on any atom is -0.508 e. The third-order valence-corrected chi connectivity index (χ3v) is 6.86. The van der Waals surface area contributed by atoms with Gasteiger partial charge in [0.2, 0.25) is 29.5 Å². The Balaban J connectivity index is 3.19. The lowest BCUT2D eigenvalue weighted by Gasteiger charge is -2.26. The van der Waals surface area contributed by atoms with Crippen LogP contribution in [0, 0.1) is 5.92 Å². The molecule has 0 radical (unpaired) electrons. The van der Waals surface area contributed by atoms with Gasteiger partial charge in [0.05, 0.1) is 6.04 Å². The van der Waals surface area contributed by atoms with Crippen molar-refractivity contribution in [2.75, 3.05) is 6.54 Å². The van der Waals surface area contributed by atoms with Gasteiger partial charge in [0.15, 0.2) is 5.96 Å². The molecule has 1 aromatic carbocycles. The summed E-state index contributed by atoms with van der Waals surface area (Å²) in [5, 5.41) is 19.9. The van der Waals surface area contributed by atoms with Crippen molar-refractivity contribution in [2.45, 2.75) is 89.5 Å². The van der Waals surface area contributed by atoms with E-state index in [4.69, 9.17) is 28.8 Å². The van der Waals surface area contributed by atoms with Crippen LogP contribution in [-0.2, 0) is 35.2 Å². The first-order valence-corrected chi connectivity index (χ1v) is 15.1. The van der Waals surface area contributed by atoms with Gasteiger partial charge in [-0.05, 0) is 56.2 Å². The predicted molar refractivity (Wildman–Crippen MR) is 173 cm³/mol. The van der Waals surface area contributed by atoms with Crippen LogP contribution in [0.4, 0.5) is 0 Å². The molecular weight excluding hydrogens is 614 g/mol. The Morgan fingerprint density at radius 2 is 1.32 bits per heavy atom. The fraction of sp³-hybridized carbons (Fsp3) is 0.552. The molecule has 18 heteroatoms. The third-order valence-electron chi connectivity index (χ3n) is 6.86. The Bertz CT molecular complexity index is 1250. The first-order chi connectivity index (χ1) is 22.0. The van der Waals surface area contributed by atoms with Crippen LogP contribution in [-0.4, -0.2) is 83.3 Å². The number of hydrogen-bond donors (Lipinski definition) is 11. The molecular formula is C29H49N11O7. The maximum Gasteiger partial charge on any atom is 0.256 e. The molecule has 1 rings (SSSR count). The number of rotatable bonds is 20. The van der Waals surface area contributed by atoms with Crippen molar-refractivity contribution in [1.29, 1.82) is 0 Å². The molecule has 5 atom stereocenters. The Labute approximate surface area is 273 Å². The van der Waals surface area contributed by atoms with E-state index in [9.17, 15) is 33.9 Å². The molecule has 0 fully saturated rings. The number of carbonyl (C=O) groups excluding carboxylic acids is 6. The topological polar surface area (TPSA) is 325 Å². The third kappa shape index (κ3) is 15.7. The lowest BCUT2D eigenvalue weighted by atomic mass is 10.0. The van der Waals surface area contributed by atoms with Crippen LogP contribution < -0.4 is 55.5 Å². The maximum atomic E-state index is 13.6. The number of benzene rings is 1. The SMILES string of the molecule is CC(C)C[C@H](N)C(=O)N[C@@H](Cc1ccc(O)cc1)C(=O)N[C@@H](CCCN=C(N)N)C(=O)N[C@@H](C)C(=O)N[C@@H](CCC(N)=O)C(=O)NN. The normalized spacial score (nSPS) is 14.0. The first-order valence-electron chi connectivity index (χ1n) is 15.1. The van der Waals surface area contributed by atoms with Crippen molar-refractivity contribution in [2.24, 2.45) is 39.7 Å². The Morgan fingerprint density at radius 1 is 0.766 bits per heavy atom. The van der Waals surface area contributed by atoms with Crippen molar-refractivity contribution < 1.29 is 33.9 Å². The fourth-order valence-corrected chi connectivity index (χ4v) is 4.35. The van der Waals surface area contributed by atoms with E-state index in [1.54, 1.807) is 12.1 Å². The van der Waals surface area contributed by atoms with Crippen LogP contribution in [0.15, 0.2) is 29.3 Å². The largest absolute Gasteiger partial charge is 0.508 e. The van der Waals surface area contributed by atoms with E-state index in [1.165, 1.54) is 19.1 Å². The lowest BCUT2D eigenvalue weighted by Crippen LogP contribution is -2.59. The fourth-order valence-electron chi connectivity index (χ4n) is 4.35. The molecule has 0 heterocycles. The number of amides is 6. The van der Waals surface area contributed by atoms with Gasteiger partial charge in [-0.3, -0.25) is 39.2 Å². The molecule has 0 bridgehead atoms. The lowest BCUT2D eigenvalue weighted by molar-refractivity contribution is -0.134. The molecule has 6 amide bonds. The summed E-state index contributed by atoms with van der Waals surface area (Å²) in [6, 6.07) is 0.332. The van der Waals surface area contributed by atoms with E-state index in [2.05, 4.69) is 26.3 Å². The summed E-state index contributed by atoms with van der Waals surface area (Å²) >= 11 is 0. The zero-order chi connectivity index (χ0) is 35.7. The number of guanidine groups is 1. The molecule has 262 valence electrons. The van der Waals surface area contributed by atoms with E-state index in [0.29, 0.717) is 12.0 Å². The zero-order valence-electron chi connectivity index (χ0n) is 27.0. The number of nitrogens with one attached hydrogen (secondary N) is 5. The van der Waals surface area contributed by atoms with Gasteiger partial charge in [0.25, 0.3) is 5.91 Å². The maximum absolute atomic E-state index is 13.6. The summed E-state index contributed by atoms with van der Waals surface area (Å²) in [5.41, 5.74) is 24.5. The van der Waals surface area contributed by atoms with E-state index in [-0.39, 0.29) is 56.3 Å². The van der Waals surface area contributed by atoms with Gasteiger partial charge < -0.3 is 49.3 Å². The van der Waals surface area contributed by atoms with E-state index in [1.807, 2.05) is 19.3 Å². The molecule has 16 N–H and O–H groups in total. The van der Waals surface area contributed by atoms with Gasteiger partial charge in [-0.15, -0.1) is 0 Å². The molecule has 47 heavy (non-hydrogen) atoms. The number of hydrazine groups is 1. The number of primary amides is 1. The number of aliphatic imine (C=N–C) groups is 1. The second-order valence-electron chi connectivity index (χ2n) is 11.5. The van der Waals surface area contributed by atoms with Gasteiger partial charge in [-0.1, -0.05) is 26.0 Å². The summed E-state index contributed by atoms with van der Waals surface area (Å²) < 4.78 is 0. The Kier molecular flexibility index (Phi) is 17.2. The van der Waals surface area contributed by atoms with E-state index < -0.39 is 65.7 Å². The molecule has 0 aliphatic rings. The second kappa shape index (κ2) is 20.2. The van der Waals surface area contributed by atoms with Gasteiger partial charge in [0.1, 0.15) is 29.9 Å². The standard InChI is InChI=1S/C29H49N11O7/c1-15(2)13-19(30)25(44)39-22(14-17-6-8-18(41)9-7-17)27(46)38-20(5-4-12-35-29(32)33)26(45)36-16(3)24(43)37-21(28(47)40-34)10-11-23(31)42/h6-9,15-16,19-22,41H,4-5,10-14,30,34H2,1-3H3,(H2,31,42)(H,36,45)(H,37,43)(H,38,46)(H,39,44)(H,40,47)(H4,32,33,35)/t16-,19-,20-,21-,22-/m0/s1. The molecule has 18 nitrogen and oxygen atoms in total. The molecule has 0 aromatic heterocycles. The quantitative estimate of drug-likeness (QED) is 0.0163. The summed E-state index contributed by atoms with van der Waals surface area (Å²) in [5.74, 6) is 0.841. The first kappa shape index (κ1) is 40.1. The number of aromatic hydroxyl groups is 1. The summed E-state index contributed by atoms with van der Waals surface area (Å²) in [7, 11) is 0. The van der Waals surface area contributed by atoms with Crippen molar-refractivity contribution in [3.8, 4) is 5.75 Å². The highest BCUT2D eigenvalue weighted by Gasteiger charge is 2.31. The monoisotopic (exact) mass is 663 g/mol. The van der Waals surface area contributed by atoms with Crippen LogP contribution in [0.2, 0.25) is 0 Å². The minimum atomic E-state index is -1.21. The predicted octanol–water partition coefficient (Wildman–Crippen LogP) is -3.42. The van der Waals surface area contributed by atoms with Crippen molar-refractivity contribution in [1.82, 2.24) is 26.7 Å². The van der Waals surface area contributed by atoms with Crippen molar-refractivity contribution in [3.63, 3.8) is 0 Å². The second-order valence-corrected chi connectivity index (χ2v) is 11.5. The van der Waals surface area contributed by atoms with Gasteiger partial charge >= 0.3 is 0 Å². The van der Waals surface area contributed by atoms with Gasteiger partial charge in [-0.25, -0.2) is 5.84 Å². The molecule has 0 spiro atoms. The van der Waals surface area contributed by atoms with Crippen molar-refractivity contribution in [3.05, 3.63) is 29.8 Å². The average molecular weight is 664 g/mol. The smallest absolute Gasteiger partial charge is 0.256 e. The summed E-state index contributed by atoms with van der Waals surface area (Å²) in [6.45, 7) is 5.27. The number of nitrogens with zero attached hydrogens (tertiary/aromatic N) is 1. The van der Waals surface area contributed by atoms with Crippen LogP contribution in [0.5, 0.6) is 5.75 Å². The number of carbonyl (C=O) groups is 6. The average Bonchev–Trinajstić information content (AvgIpc) is 2.99. The summed E-state index contributed by atoms with van der Waals surface area (Å²) in [4.78, 5) is 79.9. The summed E-state index contributed by atoms with van der Waals surface area (Å²) in [6.07, 6.45) is 0.300. The highest BCUT2D eigenvalue weighted by molar-refractivity contribution is 5.96.